The van der Waals surface area contributed by atoms with Crippen LogP contribution in [0.2, 0.25) is 5.02 Å². The highest BCUT2D eigenvalue weighted by atomic mass is 35.5. The fourth-order valence-corrected chi connectivity index (χ4v) is 2.73. The van der Waals surface area contributed by atoms with Crippen LogP contribution in [0.1, 0.15) is 24.0 Å². The summed E-state index contributed by atoms with van der Waals surface area (Å²) in [4.78, 5) is 13.8. The number of carbonyl (C=O) groups is 1. The smallest absolute Gasteiger partial charge is 0.234 e. The number of rotatable bonds is 5. The topological polar surface area (TPSA) is 50.8 Å². The average Bonchev–Trinajstić information content (AvgIpc) is 3.22. The number of carbonyl (C=O) groups excluding carboxylic acids is 1. The zero-order valence-electron chi connectivity index (χ0n) is 12.0. The Morgan fingerprint density at radius 1 is 1.48 bits per heavy atom. The third-order valence-electron chi connectivity index (χ3n) is 3.55. The summed E-state index contributed by atoms with van der Waals surface area (Å²) in [6, 6.07) is 4.14. The van der Waals surface area contributed by atoms with Gasteiger partial charge in [-0.15, -0.1) is 0 Å². The molecular weight excluding hydrogens is 292 g/mol. The number of benzene rings is 1. The van der Waals surface area contributed by atoms with E-state index in [2.05, 4.69) is 5.32 Å². The highest BCUT2D eigenvalue weighted by Crippen LogP contribution is 2.32. The van der Waals surface area contributed by atoms with Crippen LogP contribution in [-0.4, -0.2) is 37.2 Å². The van der Waals surface area contributed by atoms with Crippen LogP contribution in [0.5, 0.6) is 5.75 Å². The van der Waals surface area contributed by atoms with Crippen molar-refractivity contribution in [2.75, 3.05) is 20.4 Å². The minimum Gasteiger partial charge on any atom is -0.467 e. The molecule has 1 amide bonds. The van der Waals surface area contributed by atoms with Gasteiger partial charge in [0.05, 0.1) is 13.2 Å². The molecule has 0 bridgehead atoms. The van der Waals surface area contributed by atoms with Crippen LogP contribution in [0.3, 0.4) is 0 Å². The van der Waals surface area contributed by atoms with E-state index >= 15 is 0 Å². The zero-order valence-corrected chi connectivity index (χ0v) is 12.8. The van der Waals surface area contributed by atoms with Crippen molar-refractivity contribution >= 4 is 17.5 Å². The summed E-state index contributed by atoms with van der Waals surface area (Å²) in [6.45, 7) is 1.75. The number of nitrogens with one attached hydrogen (secondary N) is 1. The summed E-state index contributed by atoms with van der Waals surface area (Å²) in [5.74, 6) is 0.903. The Morgan fingerprint density at radius 2 is 2.29 bits per heavy atom. The Kier molecular flexibility index (Phi) is 4.33. The van der Waals surface area contributed by atoms with E-state index in [1.54, 1.807) is 0 Å². The van der Waals surface area contributed by atoms with Crippen molar-refractivity contribution in [1.29, 1.82) is 0 Å². The molecule has 1 aromatic rings. The Morgan fingerprint density at radius 3 is 3.05 bits per heavy atom. The van der Waals surface area contributed by atoms with Crippen molar-refractivity contribution < 1.29 is 14.3 Å². The first kappa shape index (κ1) is 14.6. The summed E-state index contributed by atoms with van der Waals surface area (Å²) in [7, 11) is 1.92. The number of hydrogen-bond donors (Lipinski definition) is 1. The second-order valence-electron chi connectivity index (χ2n) is 5.68. The van der Waals surface area contributed by atoms with Crippen LogP contribution in [-0.2, 0) is 22.7 Å². The summed E-state index contributed by atoms with van der Waals surface area (Å²) in [5.41, 5.74) is 1.95. The number of halogens is 1. The van der Waals surface area contributed by atoms with Gasteiger partial charge in [0, 0.05) is 28.7 Å². The third kappa shape index (κ3) is 3.87. The summed E-state index contributed by atoms with van der Waals surface area (Å²) < 4.78 is 10.8. The van der Waals surface area contributed by atoms with Gasteiger partial charge < -0.3 is 14.8 Å². The van der Waals surface area contributed by atoms with E-state index in [0.29, 0.717) is 30.8 Å². The zero-order chi connectivity index (χ0) is 14.8. The molecule has 1 aliphatic carbocycles. The molecule has 1 aromatic carbocycles. The Labute approximate surface area is 129 Å². The maximum Gasteiger partial charge on any atom is 0.234 e. The van der Waals surface area contributed by atoms with Crippen LogP contribution in [0.4, 0.5) is 0 Å². The first-order chi connectivity index (χ1) is 10.1. The molecular formula is C15H19ClN2O3. The minimum absolute atomic E-state index is 0.0696. The van der Waals surface area contributed by atoms with Crippen molar-refractivity contribution in [2.45, 2.75) is 32.0 Å². The highest BCUT2D eigenvalue weighted by molar-refractivity contribution is 6.30. The molecule has 0 radical (unpaired) electrons. The van der Waals surface area contributed by atoms with Gasteiger partial charge in [0.15, 0.2) is 6.79 Å². The van der Waals surface area contributed by atoms with Crippen molar-refractivity contribution in [3.05, 3.63) is 28.3 Å². The molecule has 0 atom stereocenters. The molecule has 1 N–H and O–H groups in total. The molecule has 0 aromatic heterocycles. The van der Waals surface area contributed by atoms with Gasteiger partial charge in [-0.05, 0) is 32.0 Å². The molecule has 6 heteroatoms. The van der Waals surface area contributed by atoms with Crippen LogP contribution in [0, 0.1) is 0 Å². The van der Waals surface area contributed by atoms with E-state index in [0.717, 1.165) is 29.7 Å². The van der Waals surface area contributed by atoms with E-state index in [1.807, 2.05) is 24.1 Å². The summed E-state index contributed by atoms with van der Waals surface area (Å²) in [6.07, 6.45) is 2.20. The maximum absolute atomic E-state index is 11.8. The minimum atomic E-state index is 0.0696. The molecule has 1 aliphatic heterocycles. The summed E-state index contributed by atoms with van der Waals surface area (Å²) >= 11 is 6.14. The SMILES string of the molecule is CN(CC(=O)NC1CC1)Cc1cc(Cl)cc2c1OCOC2. The number of nitrogens with zero attached hydrogens (tertiary/aromatic N) is 1. The van der Waals surface area contributed by atoms with E-state index in [9.17, 15) is 4.79 Å². The fraction of sp³-hybridized carbons (Fsp3) is 0.533. The molecule has 3 rings (SSSR count). The first-order valence-corrected chi connectivity index (χ1v) is 7.49. The summed E-state index contributed by atoms with van der Waals surface area (Å²) in [5, 5.41) is 3.65. The average molecular weight is 311 g/mol. The van der Waals surface area contributed by atoms with E-state index in [4.69, 9.17) is 21.1 Å². The predicted octanol–water partition coefficient (Wildman–Crippen LogP) is 1.92. The number of fused-ring (bicyclic) bond motifs is 1. The lowest BCUT2D eigenvalue weighted by Crippen LogP contribution is -2.36. The number of ether oxygens (including phenoxy) is 2. The van der Waals surface area contributed by atoms with Crippen LogP contribution in [0.25, 0.3) is 0 Å². The van der Waals surface area contributed by atoms with Gasteiger partial charge in [-0.25, -0.2) is 0 Å². The number of amides is 1. The van der Waals surface area contributed by atoms with Crippen molar-refractivity contribution in [1.82, 2.24) is 10.2 Å². The van der Waals surface area contributed by atoms with Gasteiger partial charge in [-0.2, -0.15) is 0 Å². The molecule has 5 nitrogen and oxygen atoms in total. The molecule has 1 fully saturated rings. The third-order valence-corrected chi connectivity index (χ3v) is 3.77. The Hall–Kier alpha value is -1.30. The van der Waals surface area contributed by atoms with Crippen molar-refractivity contribution in [3.8, 4) is 5.75 Å². The molecule has 21 heavy (non-hydrogen) atoms. The van der Waals surface area contributed by atoms with Gasteiger partial charge in [0.25, 0.3) is 0 Å². The predicted molar refractivity (Wildman–Crippen MR) is 79.2 cm³/mol. The molecule has 0 saturated heterocycles. The highest BCUT2D eigenvalue weighted by Gasteiger charge is 2.24. The van der Waals surface area contributed by atoms with Gasteiger partial charge in [-0.1, -0.05) is 11.6 Å². The molecule has 1 heterocycles. The van der Waals surface area contributed by atoms with E-state index in [-0.39, 0.29) is 12.7 Å². The Balaban J connectivity index is 1.65. The van der Waals surface area contributed by atoms with E-state index in [1.165, 1.54) is 0 Å². The van der Waals surface area contributed by atoms with Gasteiger partial charge in [0.2, 0.25) is 5.91 Å². The first-order valence-electron chi connectivity index (χ1n) is 7.11. The Bertz CT molecular complexity index is 546. The lowest BCUT2D eigenvalue weighted by atomic mass is 10.1. The van der Waals surface area contributed by atoms with Gasteiger partial charge in [0.1, 0.15) is 5.75 Å². The standard InChI is InChI=1S/C15H19ClN2O3/c1-18(7-14(19)17-13-2-3-13)6-10-4-12(16)5-11-8-20-9-21-15(10)11/h4-5,13H,2-3,6-9H2,1H3,(H,17,19). The van der Waals surface area contributed by atoms with Crippen molar-refractivity contribution in [3.63, 3.8) is 0 Å². The van der Waals surface area contributed by atoms with Gasteiger partial charge in [-0.3, -0.25) is 9.69 Å². The van der Waals surface area contributed by atoms with Gasteiger partial charge >= 0.3 is 0 Å². The van der Waals surface area contributed by atoms with Crippen LogP contribution < -0.4 is 10.1 Å². The number of likely N-dealkylation sites (N-methyl/N-ethyl adjacent to an activating group) is 1. The molecule has 0 unspecified atom stereocenters. The normalized spacial score (nSPS) is 17.3. The second kappa shape index (κ2) is 6.22. The molecule has 2 aliphatic rings. The van der Waals surface area contributed by atoms with Crippen LogP contribution >= 0.6 is 11.6 Å². The lowest BCUT2D eigenvalue weighted by Gasteiger charge is -2.23. The second-order valence-corrected chi connectivity index (χ2v) is 6.11. The quantitative estimate of drug-likeness (QED) is 0.903. The molecule has 114 valence electrons. The monoisotopic (exact) mass is 310 g/mol. The largest absolute Gasteiger partial charge is 0.467 e. The molecule has 1 saturated carbocycles. The lowest BCUT2D eigenvalue weighted by molar-refractivity contribution is -0.122. The van der Waals surface area contributed by atoms with Crippen LogP contribution in [0.15, 0.2) is 12.1 Å². The number of hydrogen-bond acceptors (Lipinski definition) is 4. The fourth-order valence-electron chi connectivity index (χ4n) is 2.47. The molecule has 0 spiro atoms. The van der Waals surface area contributed by atoms with E-state index < -0.39 is 0 Å². The van der Waals surface area contributed by atoms with Crippen molar-refractivity contribution in [2.24, 2.45) is 0 Å². The maximum atomic E-state index is 11.8.